The zero-order chi connectivity index (χ0) is 10.9. The third-order valence-corrected chi connectivity index (χ3v) is 1.18. The molecule has 0 aliphatic heterocycles. The molecule has 0 heterocycles. The summed E-state index contributed by atoms with van der Waals surface area (Å²) < 4.78 is 92.8. The highest BCUT2D eigenvalue weighted by Gasteiger charge is 2.61. The van der Waals surface area contributed by atoms with E-state index in [9.17, 15) is 35.1 Å². The highest BCUT2D eigenvalue weighted by atomic mass is 19.4. The van der Waals surface area contributed by atoms with Crippen LogP contribution in [-0.2, 0) is 0 Å². The van der Waals surface area contributed by atoms with Crippen LogP contribution in [0.4, 0.5) is 35.1 Å². The number of rotatable bonds is 3. The summed E-state index contributed by atoms with van der Waals surface area (Å²) in [5.41, 5.74) is 0. The lowest BCUT2D eigenvalue weighted by atomic mass is 10.1. The molecule has 80 valence electrons. The average molecular weight is 216 g/mol. The monoisotopic (exact) mass is 216 g/mol. The van der Waals surface area contributed by atoms with Gasteiger partial charge >= 0.3 is 12.1 Å². The molecule has 0 aromatic heterocycles. The van der Waals surface area contributed by atoms with E-state index in [2.05, 4.69) is 0 Å². The Morgan fingerprint density at radius 1 is 0.923 bits per heavy atom. The normalized spacial score (nSPS) is 18.5. The minimum atomic E-state index is -5.90. The Morgan fingerprint density at radius 3 is 1.54 bits per heavy atom. The lowest BCUT2D eigenvalue weighted by Gasteiger charge is -2.23. The van der Waals surface area contributed by atoms with Gasteiger partial charge in [0.25, 0.3) is 6.17 Å². The first-order chi connectivity index (χ1) is 5.64. The summed E-state index contributed by atoms with van der Waals surface area (Å²) in [4.78, 5) is 0. The van der Waals surface area contributed by atoms with E-state index in [1.807, 2.05) is 0 Å². The van der Waals surface area contributed by atoms with E-state index in [4.69, 9.17) is 0 Å². The van der Waals surface area contributed by atoms with Crippen LogP contribution < -0.4 is 0 Å². The van der Waals surface area contributed by atoms with Crippen molar-refractivity contribution in [1.29, 1.82) is 0 Å². The van der Waals surface area contributed by atoms with E-state index >= 15 is 0 Å². The maximum atomic E-state index is 12.0. The molecule has 0 nitrogen and oxygen atoms in total. The van der Waals surface area contributed by atoms with Gasteiger partial charge in [-0.3, -0.25) is 0 Å². The highest BCUT2D eigenvalue weighted by molar-refractivity contribution is 4.88. The van der Waals surface area contributed by atoms with Crippen molar-refractivity contribution < 1.29 is 35.1 Å². The number of hydrogen-bond acceptors (Lipinski definition) is 0. The number of alkyl halides is 8. The predicted molar refractivity (Wildman–Crippen MR) is 26.8 cm³/mol. The van der Waals surface area contributed by atoms with Crippen LogP contribution in [0, 0.1) is 0 Å². The van der Waals surface area contributed by atoms with Gasteiger partial charge in [-0.05, 0) is 0 Å². The van der Waals surface area contributed by atoms with Crippen molar-refractivity contribution in [3.63, 3.8) is 0 Å². The van der Waals surface area contributed by atoms with Crippen LogP contribution in [0.15, 0.2) is 0 Å². The second-order valence-electron chi connectivity index (χ2n) is 2.20. The van der Waals surface area contributed by atoms with Crippen LogP contribution in [0.5, 0.6) is 0 Å². The molecule has 0 saturated carbocycles. The van der Waals surface area contributed by atoms with E-state index in [0.717, 1.165) is 0 Å². The van der Waals surface area contributed by atoms with Crippen molar-refractivity contribution in [2.45, 2.75) is 24.4 Å². The van der Waals surface area contributed by atoms with Gasteiger partial charge in [0.05, 0.1) is 0 Å². The Kier molecular flexibility index (Phi) is 3.51. The first kappa shape index (κ1) is 12.4. The van der Waals surface area contributed by atoms with Crippen molar-refractivity contribution in [2.24, 2.45) is 0 Å². The van der Waals surface area contributed by atoms with E-state index in [1.54, 1.807) is 0 Å². The summed E-state index contributed by atoms with van der Waals surface area (Å²) in [6.07, 6.45) is -14.4. The fourth-order valence-corrected chi connectivity index (χ4v) is 0.480. The quantitative estimate of drug-likeness (QED) is 0.636. The van der Waals surface area contributed by atoms with E-state index in [-0.39, 0.29) is 0 Å². The van der Waals surface area contributed by atoms with Crippen molar-refractivity contribution in [3.8, 4) is 0 Å². The van der Waals surface area contributed by atoms with Crippen molar-refractivity contribution in [2.75, 3.05) is 6.67 Å². The first-order valence-corrected chi connectivity index (χ1v) is 2.92. The van der Waals surface area contributed by atoms with E-state index in [1.165, 1.54) is 0 Å². The molecule has 0 amide bonds. The summed E-state index contributed by atoms with van der Waals surface area (Å²) in [5.74, 6) is -5.38. The molecule has 13 heavy (non-hydrogen) atoms. The van der Waals surface area contributed by atoms with Crippen LogP contribution in [0.2, 0.25) is 0 Å². The Hall–Kier alpha value is -0.560. The lowest BCUT2D eigenvalue weighted by molar-refractivity contribution is -0.260. The molecule has 0 aliphatic rings. The molecular weight excluding hydrogens is 212 g/mol. The molecule has 0 spiro atoms. The van der Waals surface area contributed by atoms with Crippen LogP contribution in [0.3, 0.4) is 0 Å². The Morgan fingerprint density at radius 2 is 1.31 bits per heavy atom. The third kappa shape index (κ3) is 2.70. The Bertz CT molecular complexity index is 160. The molecule has 0 N–H and O–H groups in total. The van der Waals surface area contributed by atoms with Crippen LogP contribution in [-0.4, -0.2) is 31.1 Å². The molecule has 0 aliphatic carbocycles. The smallest absolute Gasteiger partial charge is 0.248 e. The molecule has 0 bridgehead atoms. The molecule has 0 rings (SSSR count). The van der Waals surface area contributed by atoms with Gasteiger partial charge in [-0.15, -0.1) is 0 Å². The standard InChI is InChI=1S/C5H4F8/c6-1-2(7)4(9,10)3(8)5(11,12)13/h2-3H,1H2. The van der Waals surface area contributed by atoms with Crippen molar-refractivity contribution >= 4 is 0 Å². The van der Waals surface area contributed by atoms with Gasteiger partial charge in [0.15, 0.2) is 6.17 Å². The van der Waals surface area contributed by atoms with Gasteiger partial charge in [0, 0.05) is 0 Å². The van der Waals surface area contributed by atoms with Crippen molar-refractivity contribution in [1.82, 2.24) is 0 Å². The summed E-state index contributed by atoms with van der Waals surface area (Å²) >= 11 is 0. The van der Waals surface area contributed by atoms with Crippen LogP contribution in [0.1, 0.15) is 0 Å². The van der Waals surface area contributed by atoms with Gasteiger partial charge in [-0.1, -0.05) is 0 Å². The predicted octanol–water partition coefficient (Wildman–Crippen LogP) is 2.83. The molecule has 0 radical (unpaired) electrons. The molecule has 0 fully saturated rings. The van der Waals surface area contributed by atoms with Gasteiger partial charge < -0.3 is 0 Å². The maximum Gasteiger partial charge on any atom is 0.425 e. The minimum absolute atomic E-state index is 2.37. The average Bonchev–Trinajstić information content (AvgIpc) is 1.99. The third-order valence-electron chi connectivity index (χ3n) is 1.18. The molecule has 2 atom stereocenters. The van der Waals surface area contributed by atoms with Crippen molar-refractivity contribution in [3.05, 3.63) is 0 Å². The summed E-state index contributed by atoms with van der Waals surface area (Å²) in [7, 11) is 0. The highest BCUT2D eigenvalue weighted by Crippen LogP contribution is 2.38. The summed E-state index contributed by atoms with van der Waals surface area (Å²) in [6.45, 7) is -2.37. The zero-order valence-electron chi connectivity index (χ0n) is 5.89. The number of hydrogen-bond donors (Lipinski definition) is 0. The van der Waals surface area contributed by atoms with Crippen LogP contribution >= 0.6 is 0 Å². The Balaban J connectivity index is 4.63. The fraction of sp³-hybridized carbons (Fsp3) is 1.00. The SMILES string of the molecule is FCC(F)C(F)(F)C(F)C(F)(F)F. The molecule has 0 saturated heterocycles. The number of halogens is 8. The molecule has 0 aromatic carbocycles. The molecule has 8 heteroatoms. The topological polar surface area (TPSA) is 0 Å². The van der Waals surface area contributed by atoms with Gasteiger partial charge in [0.1, 0.15) is 6.67 Å². The largest absolute Gasteiger partial charge is 0.425 e. The van der Waals surface area contributed by atoms with Gasteiger partial charge in [0.2, 0.25) is 0 Å². The molecule has 0 aromatic rings. The van der Waals surface area contributed by atoms with E-state index in [0.29, 0.717) is 0 Å². The molecular formula is C5H4F8. The summed E-state index contributed by atoms with van der Waals surface area (Å²) in [6, 6.07) is 0. The fourth-order valence-electron chi connectivity index (χ4n) is 0.480. The Labute approximate surface area is 67.5 Å². The second-order valence-corrected chi connectivity index (χ2v) is 2.20. The zero-order valence-corrected chi connectivity index (χ0v) is 5.89. The van der Waals surface area contributed by atoms with Crippen LogP contribution in [0.25, 0.3) is 0 Å². The minimum Gasteiger partial charge on any atom is -0.248 e. The summed E-state index contributed by atoms with van der Waals surface area (Å²) in [5, 5.41) is 0. The van der Waals surface area contributed by atoms with E-state index < -0.39 is 31.1 Å². The first-order valence-electron chi connectivity index (χ1n) is 2.92. The van der Waals surface area contributed by atoms with Gasteiger partial charge in [-0.2, -0.15) is 22.0 Å². The van der Waals surface area contributed by atoms with Gasteiger partial charge in [-0.25, -0.2) is 13.2 Å². The lowest BCUT2D eigenvalue weighted by Crippen LogP contribution is -2.48. The molecule has 2 unspecified atom stereocenters. The second kappa shape index (κ2) is 3.67. The maximum absolute atomic E-state index is 12.0.